The van der Waals surface area contributed by atoms with Crippen molar-refractivity contribution in [2.75, 3.05) is 17.2 Å². The van der Waals surface area contributed by atoms with Crippen LogP contribution in [0.15, 0.2) is 46.0 Å². The van der Waals surface area contributed by atoms with E-state index in [2.05, 4.69) is 16.9 Å². The lowest BCUT2D eigenvalue weighted by atomic mass is 10.1. The van der Waals surface area contributed by atoms with E-state index in [1.165, 1.54) is 9.47 Å². The highest BCUT2D eigenvalue weighted by Crippen LogP contribution is 2.21. The summed E-state index contributed by atoms with van der Waals surface area (Å²) in [6, 6.07) is 11.0. The fourth-order valence-electron chi connectivity index (χ4n) is 3.53. The molecule has 0 spiro atoms. The molecule has 1 amide bonds. The van der Waals surface area contributed by atoms with Gasteiger partial charge in [0.15, 0.2) is 5.69 Å². The predicted octanol–water partition coefficient (Wildman–Crippen LogP) is 3.30. The maximum Gasteiger partial charge on any atom is 0.330 e. The number of pyridine rings is 1. The average Bonchev–Trinajstić information content (AvgIpc) is 2.77. The molecule has 0 aliphatic heterocycles. The minimum Gasteiger partial charge on any atom is -0.383 e. The maximum absolute atomic E-state index is 13.5. The molecule has 164 valence electrons. The van der Waals surface area contributed by atoms with Crippen molar-refractivity contribution in [3.8, 4) is 0 Å². The molecule has 0 fully saturated rings. The first-order chi connectivity index (χ1) is 15.0. The van der Waals surface area contributed by atoms with E-state index in [-0.39, 0.29) is 17.2 Å². The van der Waals surface area contributed by atoms with Crippen LogP contribution in [0, 0.1) is 0 Å². The number of benzene rings is 1. The number of nitrogens with zero attached hydrogens (tertiary/aromatic N) is 3. The summed E-state index contributed by atoms with van der Waals surface area (Å²) in [5, 5.41) is 0.919. The zero-order chi connectivity index (χ0) is 22.4. The lowest BCUT2D eigenvalue weighted by Gasteiger charge is -2.24. The van der Waals surface area contributed by atoms with E-state index in [1.807, 2.05) is 37.3 Å². The highest BCUT2D eigenvalue weighted by molar-refractivity contribution is 6.07. The molecule has 0 unspecified atom stereocenters. The van der Waals surface area contributed by atoms with Gasteiger partial charge >= 0.3 is 5.69 Å². The van der Waals surface area contributed by atoms with E-state index in [1.54, 1.807) is 6.07 Å². The Morgan fingerprint density at radius 3 is 2.55 bits per heavy atom. The number of unbranched alkanes of at least 4 members (excludes halogenated alkanes) is 3. The highest BCUT2D eigenvalue weighted by atomic mass is 16.2. The smallest absolute Gasteiger partial charge is 0.330 e. The van der Waals surface area contributed by atoms with Gasteiger partial charge in [-0.15, -0.1) is 0 Å². The van der Waals surface area contributed by atoms with Crippen LogP contribution in [-0.2, 0) is 6.54 Å². The molecule has 3 N–H and O–H groups in total. The van der Waals surface area contributed by atoms with Crippen LogP contribution in [0.3, 0.4) is 0 Å². The molecule has 31 heavy (non-hydrogen) atoms. The van der Waals surface area contributed by atoms with Crippen LogP contribution in [0.5, 0.6) is 0 Å². The number of amides is 1. The number of para-hydroxylation sites is 1. The normalized spacial score (nSPS) is 11.0. The third-order valence-electron chi connectivity index (χ3n) is 5.27. The molecule has 8 heteroatoms. The Bertz CT molecular complexity index is 1180. The quantitative estimate of drug-likeness (QED) is 0.513. The fourth-order valence-corrected chi connectivity index (χ4v) is 3.53. The number of anilines is 2. The molecule has 0 saturated carbocycles. The van der Waals surface area contributed by atoms with Crippen LogP contribution in [0.25, 0.3) is 10.9 Å². The summed E-state index contributed by atoms with van der Waals surface area (Å²) in [6.45, 7) is 4.74. The van der Waals surface area contributed by atoms with E-state index in [0.29, 0.717) is 25.0 Å². The van der Waals surface area contributed by atoms with E-state index in [9.17, 15) is 14.4 Å². The number of nitrogens with two attached hydrogens (primary N) is 1. The Hall–Kier alpha value is -3.42. The van der Waals surface area contributed by atoms with Crippen LogP contribution in [0.4, 0.5) is 11.5 Å². The predicted molar refractivity (Wildman–Crippen MR) is 124 cm³/mol. The van der Waals surface area contributed by atoms with Crippen LogP contribution in [0.1, 0.15) is 56.4 Å². The Labute approximate surface area is 180 Å². The number of H-pyrrole nitrogens is 1. The number of fused-ring (bicyclic) bond motifs is 1. The summed E-state index contributed by atoms with van der Waals surface area (Å²) in [5.74, 6) is -0.410. The van der Waals surface area contributed by atoms with Gasteiger partial charge in [-0.3, -0.25) is 24.0 Å². The van der Waals surface area contributed by atoms with Gasteiger partial charge in [0.1, 0.15) is 11.5 Å². The van der Waals surface area contributed by atoms with Crippen LogP contribution in [0.2, 0.25) is 0 Å². The first kappa shape index (κ1) is 22.3. The molecular formula is C23H29N5O3. The highest BCUT2D eigenvalue weighted by Gasteiger charge is 2.26. The van der Waals surface area contributed by atoms with Crippen LogP contribution in [-0.4, -0.2) is 27.0 Å². The summed E-state index contributed by atoms with van der Waals surface area (Å²) in [4.78, 5) is 46.7. The first-order valence-electron chi connectivity index (χ1n) is 10.8. The molecule has 0 bridgehead atoms. The Balaban J connectivity index is 2.09. The van der Waals surface area contributed by atoms with Gasteiger partial charge in [-0.25, -0.2) is 9.78 Å². The third kappa shape index (κ3) is 4.84. The third-order valence-corrected chi connectivity index (χ3v) is 5.27. The van der Waals surface area contributed by atoms with Crippen molar-refractivity contribution in [3.05, 3.63) is 62.9 Å². The number of carbonyl (C=O) groups excluding carboxylic acids is 1. The van der Waals surface area contributed by atoms with Gasteiger partial charge in [0.25, 0.3) is 11.5 Å². The zero-order valence-electron chi connectivity index (χ0n) is 18.1. The minimum atomic E-state index is -0.666. The van der Waals surface area contributed by atoms with E-state index in [0.717, 1.165) is 31.1 Å². The summed E-state index contributed by atoms with van der Waals surface area (Å²) in [6.07, 6.45) is 4.13. The number of carbonyl (C=O) groups is 1. The SMILES string of the molecule is CCCCCN(C(=O)c1ccc2ccccc2n1)c1c(N)n(CCCC)c(=O)[nH]c1=O. The van der Waals surface area contributed by atoms with Gasteiger partial charge in [0.05, 0.1) is 5.52 Å². The number of rotatable bonds is 9. The standard InChI is InChI=1S/C23H29N5O3/c1-3-5-9-15-27(19-20(24)28(14-6-4-2)23(31)26-21(19)29)22(30)18-13-12-16-10-7-8-11-17(16)25-18/h7-8,10-13H,3-6,9,14-15,24H2,1-2H3,(H,26,29,31). The van der Waals surface area contributed by atoms with Crippen molar-refractivity contribution in [2.24, 2.45) is 0 Å². The second kappa shape index (κ2) is 10.1. The lowest BCUT2D eigenvalue weighted by Crippen LogP contribution is -2.42. The molecule has 3 aromatic rings. The molecule has 2 aromatic heterocycles. The summed E-state index contributed by atoms with van der Waals surface area (Å²) >= 11 is 0. The van der Waals surface area contributed by atoms with Crippen molar-refractivity contribution in [3.63, 3.8) is 0 Å². The van der Waals surface area contributed by atoms with Crippen molar-refractivity contribution in [1.82, 2.24) is 14.5 Å². The molecule has 0 aliphatic carbocycles. The second-order valence-corrected chi connectivity index (χ2v) is 7.55. The largest absolute Gasteiger partial charge is 0.383 e. The molecule has 3 rings (SSSR count). The number of aromatic nitrogens is 3. The van der Waals surface area contributed by atoms with E-state index < -0.39 is 17.2 Å². The number of hydrogen-bond donors (Lipinski definition) is 2. The summed E-state index contributed by atoms with van der Waals surface area (Å²) < 4.78 is 1.33. The molecular weight excluding hydrogens is 394 g/mol. The first-order valence-corrected chi connectivity index (χ1v) is 10.8. The van der Waals surface area contributed by atoms with Gasteiger partial charge < -0.3 is 5.73 Å². The lowest BCUT2D eigenvalue weighted by molar-refractivity contribution is 0.0981. The molecule has 0 atom stereocenters. The van der Waals surface area contributed by atoms with Crippen molar-refractivity contribution >= 4 is 28.3 Å². The molecule has 0 radical (unpaired) electrons. The molecule has 0 aliphatic rings. The van der Waals surface area contributed by atoms with Crippen LogP contribution >= 0.6 is 0 Å². The van der Waals surface area contributed by atoms with Gasteiger partial charge in [-0.1, -0.05) is 57.4 Å². The maximum atomic E-state index is 13.5. The Kier molecular flexibility index (Phi) is 7.23. The van der Waals surface area contributed by atoms with Gasteiger partial charge in [0, 0.05) is 18.5 Å². The second-order valence-electron chi connectivity index (χ2n) is 7.55. The van der Waals surface area contributed by atoms with Crippen molar-refractivity contribution in [2.45, 2.75) is 52.5 Å². The molecule has 8 nitrogen and oxygen atoms in total. The molecule has 2 heterocycles. The molecule has 0 saturated heterocycles. The Morgan fingerprint density at radius 1 is 1.06 bits per heavy atom. The number of aromatic amines is 1. The monoisotopic (exact) mass is 423 g/mol. The van der Waals surface area contributed by atoms with Gasteiger partial charge in [0.2, 0.25) is 0 Å². The average molecular weight is 424 g/mol. The van der Waals surface area contributed by atoms with E-state index in [4.69, 9.17) is 5.73 Å². The van der Waals surface area contributed by atoms with E-state index >= 15 is 0 Å². The zero-order valence-corrected chi connectivity index (χ0v) is 18.1. The number of nitrogens with one attached hydrogen (secondary N) is 1. The minimum absolute atomic E-state index is 0.00626. The van der Waals surface area contributed by atoms with Crippen LogP contribution < -0.4 is 21.9 Å². The summed E-state index contributed by atoms with van der Waals surface area (Å²) in [7, 11) is 0. The number of nitrogen functional groups attached to an aromatic ring is 1. The van der Waals surface area contributed by atoms with Crippen molar-refractivity contribution in [1.29, 1.82) is 0 Å². The van der Waals surface area contributed by atoms with Gasteiger partial charge in [-0.05, 0) is 25.0 Å². The van der Waals surface area contributed by atoms with Gasteiger partial charge in [-0.2, -0.15) is 0 Å². The topological polar surface area (TPSA) is 114 Å². The van der Waals surface area contributed by atoms with Crippen molar-refractivity contribution < 1.29 is 4.79 Å². The number of hydrogen-bond acceptors (Lipinski definition) is 5. The molecule has 1 aromatic carbocycles. The summed E-state index contributed by atoms with van der Waals surface area (Å²) in [5.41, 5.74) is 5.95. The Morgan fingerprint density at radius 2 is 1.81 bits per heavy atom. The fraction of sp³-hybridized carbons (Fsp3) is 0.391.